The molecule has 0 spiro atoms. The average molecular weight is 590 g/mol. The molecule has 1 fully saturated rings. The first-order chi connectivity index (χ1) is 19.3. The Bertz CT molecular complexity index is 1480. The fourth-order valence-corrected chi connectivity index (χ4v) is 5.56. The molecule has 220 valence electrons. The number of pyridine rings is 1. The molecule has 0 aliphatic carbocycles. The third-order valence-corrected chi connectivity index (χ3v) is 7.10. The van der Waals surface area contributed by atoms with E-state index in [0.717, 1.165) is 0 Å². The van der Waals surface area contributed by atoms with Gasteiger partial charge in [0.25, 0.3) is 0 Å². The minimum atomic E-state index is -0.860. The van der Waals surface area contributed by atoms with E-state index >= 15 is 4.39 Å². The maximum Gasteiger partial charge on any atom is 0.410 e. The van der Waals surface area contributed by atoms with Crippen molar-refractivity contribution in [3.63, 3.8) is 0 Å². The number of fused-ring (bicyclic) bond motifs is 1. The van der Waals surface area contributed by atoms with Crippen LogP contribution in [-0.2, 0) is 9.47 Å². The van der Waals surface area contributed by atoms with E-state index in [1.54, 1.807) is 32.6 Å². The molecule has 2 aromatic carbocycles. The van der Waals surface area contributed by atoms with Gasteiger partial charge in [-0.2, -0.15) is 0 Å². The van der Waals surface area contributed by atoms with Crippen LogP contribution in [0.3, 0.4) is 0 Å². The Kier molecular flexibility index (Phi) is 8.63. The molecule has 1 saturated heterocycles. The molecule has 8 nitrogen and oxygen atoms in total. The lowest BCUT2D eigenvalue weighted by atomic mass is 9.98. The first kappa shape index (κ1) is 30.3. The number of esters is 1. The van der Waals surface area contributed by atoms with Gasteiger partial charge in [-0.1, -0.05) is 17.7 Å². The van der Waals surface area contributed by atoms with Crippen LogP contribution in [0.15, 0.2) is 30.5 Å². The lowest BCUT2D eigenvalue weighted by Gasteiger charge is -2.45. The molecule has 2 atom stereocenters. The third kappa shape index (κ3) is 5.88. The summed E-state index contributed by atoms with van der Waals surface area (Å²) in [6.45, 7) is 11.6. The van der Waals surface area contributed by atoms with Crippen LogP contribution in [0.2, 0.25) is 5.02 Å². The third-order valence-electron chi connectivity index (χ3n) is 6.81. The van der Waals surface area contributed by atoms with Gasteiger partial charge < -0.3 is 19.1 Å². The maximum absolute atomic E-state index is 16.2. The van der Waals surface area contributed by atoms with Crippen LogP contribution in [0.1, 0.15) is 51.9 Å². The van der Waals surface area contributed by atoms with Gasteiger partial charge in [-0.25, -0.2) is 18.4 Å². The molecule has 1 aliphatic rings. The monoisotopic (exact) mass is 589 g/mol. The molecular formula is C30H34ClF2N3O5. The number of ether oxygens (including phenoxy) is 3. The van der Waals surface area contributed by atoms with E-state index in [0.29, 0.717) is 18.8 Å². The van der Waals surface area contributed by atoms with Crippen LogP contribution >= 0.6 is 11.6 Å². The number of hydrogen-bond acceptors (Lipinski definition) is 7. The number of carbonyl (C=O) groups excluding carboxylic acids is 2. The minimum Gasteiger partial charge on any atom is -0.496 e. The van der Waals surface area contributed by atoms with Gasteiger partial charge in [-0.15, -0.1) is 0 Å². The van der Waals surface area contributed by atoms with Crippen molar-refractivity contribution in [3.05, 3.63) is 52.7 Å². The molecule has 0 saturated carbocycles. The summed E-state index contributed by atoms with van der Waals surface area (Å²) in [6, 6.07) is 4.97. The van der Waals surface area contributed by atoms with Gasteiger partial charge in [0.1, 0.15) is 28.2 Å². The highest BCUT2D eigenvalue weighted by atomic mass is 35.5. The zero-order chi connectivity index (χ0) is 30.2. The number of benzene rings is 2. The highest BCUT2D eigenvalue weighted by Gasteiger charge is 2.38. The fraction of sp³-hybridized carbons (Fsp3) is 0.433. The van der Waals surface area contributed by atoms with Crippen molar-refractivity contribution in [2.75, 3.05) is 31.7 Å². The number of methoxy groups -OCH3 is 1. The number of amides is 1. The summed E-state index contributed by atoms with van der Waals surface area (Å²) in [7, 11) is 1.35. The molecule has 2 heterocycles. The molecule has 41 heavy (non-hydrogen) atoms. The minimum absolute atomic E-state index is 0.0871. The summed E-state index contributed by atoms with van der Waals surface area (Å²) in [4.78, 5) is 33.9. The topological polar surface area (TPSA) is 81.2 Å². The molecule has 1 amide bonds. The Balaban J connectivity index is 1.89. The van der Waals surface area contributed by atoms with Gasteiger partial charge in [-0.3, -0.25) is 9.88 Å². The first-order valence-corrected chi connectivity index (χ1v) is 13.7. The summed E-state index contributed by atoms with van der Waals surface area (Å²) in [5.74, 6) is -2.10. The van der Waals surface area contributed by atoms with Gasteiger partial charge in [-0.05, 0) is 59.7 Å². The standard InChI is InChI=1S/C30H34ClF2N3O5/c1-8-40-28(37)19-13-34-26-18(12-20(31)23(25(26)33)24-21(32)10-9-11-22(24)39-7)27(19)35-14-16(2)36(17(3)15-35)29(38)41-30(4,5)6/h9-13,16-17H,8,14-15H2,1-7H3/t16-,17+. The van der Waals surface area contributed by atoms with Crippen LogP contribution in [0.25, 0.3) is 22.0 Å². The van der Waals surface area contributed by atoms with Gasteiger partial charge in [0.15, 0.2) is 5.82 Å². The highest BCUT2D eigenvalue weighted by Crippen LogP contribution is 2.44. The van der Waals surface area contributed by atoms with E-state index in [2.05, 4.69) is 4.98 Å². The molecule has 1 aromatic heterocycles. The molecule has 3 aromatic rings. The van der Waals surface area contributed by atoms with Crippen molar-refractivity contribution in [3.8, 4) is 16.9 Å². The summed E-state index contributed by atoms with van der Waals surface area (Å²) in [5, 5.41) is 0.165. The van der Waals surface area contributed by atoms with Crippen LogP contribution in [0.5, 0.6) is 5.75 Å². The first-order valence-electron chi connectivity index (χ1n) is 13.4. The van der Waals surface area contributed by atoms with E-state index in [1.807, 2.05) is 18.7 Å². The van der Waals surface area contributed by atoms with Crippen LogP contribution in [0, 0.1) is 11.6 Å². The predicted molar refractivity (Wildman–Crippen MR) is 154 cm³/mol. The Morgan fingerprint density at radius 3 is 2.37 bits per heavy atom. The average Bonchev–Trinajstić information content (AvgIpc) is 2.87. The molecular weight excluding hydrogens is 556 g/mol. The number of anilines is 1. The normalized spacial score (nSPS) is 17.5. The van der Waals surface area contributed by atoms with Crippen LogP contribution < -0.4 is 9.64 Å². The van der Waals surface area contributed by atoms with Crippen molar-refractivity contribution in [1.29, 1.82) is 0 Å². The number of piperazine rings is 1. The summed E-state index contributed by atoms with van der Waals surface area (Å²) >= 11 is 6.64. The van der Waals surface area contributed by atoms with Gasteiger partial charge in [0.2, 0.25) is 0 Å². The van der Waals surface area contributed by atoms with E-state index in [-0.39, 0.29) is 57.1 Å². The van der Waals surface area contributed by atoms with E-state index in [1.165, 1.54) is 37.6 Å². The van der Waals surface area contributed by atoms with Gasteiger partial charge in [0.05, 0.1) is 42.1 Å². The SMILES string of the molecule is CCOC(=O)c1cnc2c(F)c(-c3c(F)cccc3OC)c(Cl)cc2c1N1C[C@@H](C)N(C(=O)OC(C)(C)C)[C@@H](C)C1. The van der Waals surface area contributed by atoms with Gasteiger partial charge >= 0.3 is 12.1 Å². The predicted octanol–water partition coefficient (Wildman–Crippen LogP) is 6.85. The Morgan fingerprint density at radius 1 is 1.12 bits per heavy atom. The quantitative estimate of drug-likeness (QED) is 0.301. The second kappa shape index (κ2) is 11.7. The number of rotatable bonds is 5. The molecule has 0 radical (unpaired) electrons. The second-order valence-electron chi connectivity index (χ2n) is 11.0. The number of nitrogens with zero attached hydrogens (tertiary/aromatic N) is 3. The van der Waals surface area contributed by atoms with Crippen LogP contribution in [-0.4, -0.2) is 66.4 Å². The molecule has 0 bridgehead atoms. The largest absolute Gasteiger partial charge is 0.496 e. The summed E-state index contributed by atoms with van der Waals surface area (Å²) in [6.07, 6.45) is 0.810. The Morgan fingerprint density at radius 2 is 1.78 bits per heavy atom. The molecule has 4 rings (SSSR count). The Labute approximate surface area is 243 Å². The van der Waals surface area contributed by atoms with E-state index < -0.39 is 29.3 Å². The smallest absolute Gasteiger partial charge is 0.410 e. The molecule has 1 aliphatic heterocycles. The van der Waals surface area contributed by atoms with E-state index in [9.17, 15) is 14.0 Å². The molecule has 0 unspecified atom stereocenters. The van der Waals surface area contributed by atoms with Crippen molar-refractivity contribution in [2.24, 2.45) is 0 Å². The number of halogens is 3. The zero-order valence-electron chi connectivity index (χ0n) is 24.2. The van der Waals surface area contributed by atoms with Crippen molar-refractivity contribution >= 4 is 40.3 Å². The lowest BCUT2D eigenvalue weighted by Crippen LogP contribution is -2.59. The fourth-order valence-electron chi connectivity index (χ4n) is 5.28. The Hall–Kier alpha value is -3.66. The lowest BCUT2D eigenvalue weighted by molar-refractivity contribution is 0.00558. The van der Waals surface area contributed by atoms with Gasteiger partial charge in [0, 0.05) is 30.2 Å². The molecule has 0 N–H and O–H groups in total. The zero-order valence-corrected chi connectivity index (χ0v) is 24.9. The van der Waals surface area contributed by atoms with Crippen molar-refractivity contribution < 1.29 is 32.6 Å². The molecule has 11 heteroatoms. The highest BCUT2D eigenvalue weighted by molar-refractivity contribution is 6.34. The number of aromatic nitrogens is 1. The number of carbonyl (C=O) groups is 2. The summed E-state index contributed by atoms with van der Waals surface area (Å²) < 4.78 is 47.4. The summed E-state index contributed by atoms with van der Waals surface area (Å²) in [5.41, 5.74) is -0.621. The number of hydrogen-bond donors (Lipinski definition) is 0. The second-order valence-corrected chi connectivity index (χ2v) is 11.4. The van der Waals surface area contributed by atoms with Crippen molar-refractivity contribution in [2.45, 2.75) is 59.2 Å². The van der Waals surface area contributed by atoms with Crippen LogP contribution in [0.4, 0.5) is 19.3 Å². The van der Waals surface area contributed by atoms with E-state index in [4.69, 9.17) is 25.8 Å². The van der Waals surface area contributed by atoms with Crippen molar-refractivity contribution in [1.82, 2.24) is 9.88 Å². The maximum atomic E-state index is 16.2.